The quantitative estimate of drug-likeness (QED) is 0.740. The summed E-state index contributed by atoms with van der Waals surface area (Å²) in [7, 11) is 0. The van der Waals surface area contributed by atoms with E-state index in [2.05, 4.69) is 0 Å². The number of hydrogen-bond acceptors (Lipinski definition) is 3. The second kappa shape index (κ2) is 4.72. The van der Waals surface area contributed by atoms with E-state index in [1.165, 1.54) is 0 Å². The van der Waals surface area contributed by atoms with Crippen molar-refractivity contribution in [3.05, 3.63) is 24.3 Å². The van der Waals surface area contributed by atoms with Gasteiger partial charge < -0.3 is 15.6 Å². The zero-order valence-corrected chi connectivity index (χ0v) is 7.73. The molecule has 0 saturated heterocycles. The molecular weight excluding hydrogens is 166 g/mol. The predicted octanol–water partition coefficient (Wildman–Crippen LogP) is 1.51. The molecule has 3 nitrogen and oxygen atoms in total. The lowest BCUT2D eigenvalue weighted by Gasteiger charge is -2.07. The van der Waals surface area contributed by atoms with E-state index in [0.717, 1.165) is 6.42 Å². The van der Waals surface area contributed by atoms with Crippen molar-refractivity contribution in [2.75, 3.05) is 6.61 Å². The summed E-state index contributed by atoms with van der Waals surface area (Å²) in [6.07, 6.45) is 0.815. The highest BCUT2D eigenvalue weighted by Crippen LogP contribution is 2.17. The third kappa shape index (κ3) is 3.80. The van der Waals surface area contributed by atoms with Crippen LogP contribution in [0.1, 0.15) is 13.3 Å². The summed E-state index contributed by atoms with van der Waals surface area (Å²) in [5.41, 5.74) is 5.56. The highest BCUT2D eigenvalue weighted by molar-refractivity contribution is 5.31. The third-order valence-electron chi connectivity index (χ3n) is 1.66. The van der Waals surface area contributed by atoms with Crippen LogP contribution in [0, 0.1) is 0 Å². The Morgan fingerprint density at radius 2 is 2.31 bits per heavy atom. The number of phenolic OH excluding ortho intramolecular Hbond substituents is 1. The largest absolute Gasteiger partial charge is 0.508 e. The van der Waals surface area contributed by atoms with Crippen molar-refractivity contribution in [1.29, 1.82) is 0 Å². The zero-order valence-electron chi connectivity index (χ0n) is 7.73. The average Bonchev–Trinajstić information content (AvgIpc) is 2.03. The lowest BCUT2D eigenvalue weighted by Crippen LogP contribution is -2.18. The lowest BCUT2D eigenvalue weighted by atomic mass is 10.3. The number of benzene rings is 1. The summed E-state index contributed by atoms with van der Waals surface area (Å²) in [5, 5.41) is 9.12. The van der Waals surface area contributed by atoms with Crippen molar-refractivity contribution in [1.82, 2.24) is 0 Å². The van der Waals surface area contributed by atoms with Gasteiger partial charge in [0.15, 0.2) is 0 Å². The van der Waals surface area contributed by atoms with E-state index in [9.17, 15) is 0 Å². The van der Waals surface area contributed by atoms with Crippen LogP contribution in [0.25, 0.3) is 0 Å². The molecule has 72 valence electrons. The van der Waals surface area contributed by atoms with E-state index < -0.39 is 0 Å². The first-order valence-corrected chi connectivity index (χ1v) is 4.36. The molecule has 0 saturated carbocycles. The van der Waals surface area contributed by atoms with Gasteiger partial charge in [0.25, 0.3) is 0 Å². The molecular formula is C10H15NO2. The summed E-state index contributed by atoms with van der Waals surface area (Å²) in [6, 6.07) is 6.90. The van der Waals surface area contributed by atoms with Gasteiger partial charge >= 0.3 is 0 Å². The fourth-order valence-electron chi connectivity index (χ4n) is 0.936. The van der Waals surface area contributed by atoms with E-state index in [0.29, 0.717) is 12.4 Å². The smallest absolute Gasteiger partial charge is 0.122 e. The van der Waals surface area contributed by atoms with Crippen LogP contribution in [0.5, 0.6) is 11.5 Å². The highest BCUT2D eigenvalue weighted by Gasteiger charge is 1.97. The highest BCUT2D eigenvalue weighted by atomic mass is 16.5. The van der Waals surface area contributed by atoms with E-state index in [1.54, 1.807) is 24.3 Å². The Kier molecular flexibility index (Phi) is 3.58. The van der Waals surface area contributed by atoms with Gasteiger partial charge in [-0.25, -0.2) is 0 Å². The Labute approximate surface area is 78.1 Å². The second-order valence-electron chi connectivity index (χ2n) is 3.11. The van der Waals surface area contributed by atoms with Crippen LogP contribution in [-0.2, 0) is 0 Å². The molecule has 0 spiro atoms. The first kappa shape index (κ1) is 9.86. The molecule has 3 heteroatoms. The van der Waals surface area contributed by atoms with Crippen LogP contribution in [0.15, 0.2) is 24.3 Å². The van der Waals surface area contributed by atoms with Gasteiger partial charge in [0, 0.05) is 12.1 Å². The molecule has 0 heterocycles. The van der Waals surface area contributed by atoms with E-state index in [-0.39, 0.29) is 11.8 Å². The predicted molar refractivity (Wildman–Crippen MR) is 51.9 cm³/mol. The average molecular weight is 181 g/mol. The second-order valence-corrected chi connectivity index (χ2v) is 3.11. The molecule has 0 fully saturated rings. The lowest BCUT2D eigenvalue weighted by molar-refractivity contribution is 0.299. The number of aromatic hydroxyl groups is 1. The Hall–Kier alpha value is -1.22. The molecule has 1 aromatic carbocycles. The third-order valence-corrected chi connectivity index (χ3v) is 1.66. The van der Waals surface area contributed by atoms with Gasteiger partial charge in [0.1, 0.15) is 11.5 Å². The van der Waals surface area contributed by atoms with Gasteiger partial charge in [0.2, 0.25) is 0 Å². The number of hydrogen-bond donors (Lipinski definition) is 2. The van der Waals surface area contributed by atoms with Crippen molar-refractivity contribution in [3.63, 3.8) is 0 Å². The minimum atomic E-state index is 0.150. The topological polar surface area (TPSA) is 55.5 Å². The molecule has 0 bridgehead atoms. The molecule has 1 unspecified atom stereocenters. The minimum absolute atomic E-state index is 0.150. The fourth-order valence-corrected chi connectivity index (χ4v) is 0.936. The molecule has 3 N–H and O–H groups in total. The summed E-state index contributed by atoms with van der Waals surface area (Å²) >= 11 is 0. The first-order valence-electron chi connectivity index (χ1n) is 4.36. The maximum absolute atomic E-state index is 9.12. The first-order chi connectivity index (χ1) is 6.18. The Bertz CT molecular complexity index is 261. The molecule has 1 atom stereocenters. The fraction of sp³-hybridized carbons (Fsp3) is 0.400. The SMILES string of the molecule is CC(N)CCOc1cccc(O)c1. The van der Waals surface area contributed by atoms with Gasteiger partial charge in [-0.3, -0.25) is 0 Å². The van der Waals surface area contributed by atoms with Gasteiger partial charge in [-0.05, 0) is 25.5 Å². The Morgan fingerprint density at radius 3 is 2.92 bits per heavy atom. The van der Waals surface area contributed by atoms with Crippen LogP contribution in [0.3, 0.4) is 0 Å². The maximum Gasteiger partial charge on any atom is 0.122 e. The Morgan fingerprint density at radius 1 is 1.54 bits per heavy atom. The van der Waals surface area contributed by atoms with Crippen molar-refractivity contribution in [2.45, 2.75) is 19.4 Å². The van der Waals surface area contributed by atoms with Crippen molar-refractivity contribution in [3.8, 4) is 11.5 Å². The molecule has 1 rings (SSSR count). The number of rotatable bonds is 4. The Balaban J connectivity index is 2.37. The molecule has 0 radical (unpaired) electrons. The summed E-state index contributed by atoms with van der Waals surface area (Å²) in [6.45, 7) is 2.52. The normalized spacial score (nSPS) is 12.5. The van der Waals surface area contributed by atoms with Crippen LogP contribution in [0.4, 0.5) is 0 Å². The summed E-state index contributed by atoms with van der Waals surface area (Å²) < 4.78 is 5.36. The van der Waals surface area contributed by atoms with Crippen molar-refractivity contribution in [2.24, 2.45) is 5.73 Å². The van der Waals surface area contributed by atoms with Crippen LogP contribution < -0.4 is 10.5 Å². The van der Waals surface area contributed by atoms with Gasteiger partial charge in [-0.1, -0.05) is 6.07 Å². The molecule has 0 aliphatic rings. The molecule has 0 aliphatic heterocycles. The monoisotopic (exact) mass is 181 g/mol. The van der Waals surface area contributed by atoms with E-state index in [4.69, 9.17) is 15.6 Å². The van der Waals surface area contributed by atoms with E-state index >= 15 is 0 Å². The summed E-state index contributed by atoms with van der Waals surface area (Å²) in [4.78, 5) is 0. The molecule has 0 aromatic heterocycles. The minimum Gasteiger partial charge on any atom is -0.508 e. The van der Waals surface area contributed by atoms with Gasteiger partial charge in [-0.15, -0.1) is 0 Å². The molecule has 13 heavy (non-hydrogen) atoms. The van der Waals surface area contributed by atoms with E-state index in [1.807, 2.05) is 6.92 Å². The molecule has 0 aliphatic carbocycles. The number of ether oxygens (including phenoxy) is 1. The maximum atomic E-state index is 9.12. The van der Waals surface area contributed by atoms with Gasteiger partial charge in [-0.2, -0.15) is 0 Å². The summed E-state index contributed by atoms with van der Waals surface area (Å²) in [5.74, 6) is 0.902. The van der Waals surface area contributed by atoms with Crippen LogP contribution >= 0.6 is 0 Å². The number of phenols is 1. The molecule has 1 aromatic rings. The van der Waals surface area contributed by atoms with Crippen LogP contribution in [0.2, 0.25) is 0 Å². The van der Waals surface area contributed by atoms with Crippen LogP contribution in [-0.4, -0.2) is 17.8 Å². The standard InChI is InChI=1S/C10H15NO2/c1-8(11)5-6-13-10-4-2-3-9(12)7-10/h2-4,7-8,12H,5-6,11H2,1H3. The van der Waals surface area contributed by atoms with Gasteiger partial charge in [0.05, 0.1) is 6.61 Å². The number of nitrogens with two attached hydrogens (primary N) is 1. The van der Waals surface area contributed by atoms with Crippen molar-refractivity contribution < 1.29 is 9.84 Å². The molecule has 0 amide bonds. The van der Waals surface area contributed by atoms with Crippen molar-refractivity contribution >= 4 is 0 Å². The zero-order chi connectivity index (χ0) is 9.68.